The zero-order chi connectivity index (χ0) is 16.9. The molecular weight excluding hydrogens is 411 g/mol. The highest BCUT2D eigenvalue weighted by molar-refractivity contribution is 14.1. The number of nitro benzene ring substituents is 2. The lowest BCUT2D eigenvalue weighted by Crippen LogP contribution is -2.29. The number of alkyl halides is 1. The van der Waals surface area contributed by atoms with E-state index in [0.717, 1.165) is 6.07 Å². The molecule has 22 heavy (non-hydrogen) atoms. The van der Waals surface area contributed by atoms with Gasteiger partial charge in [-0.1, -0.05) is 22.6 Å². The van der Waals surface area contributed by atoms with E-state index in [1.807, 2.05) is 22.6 Å². The van der Waals surface area contributed by atoms with Gasteiger partial charge in [0, 0.05) is 17.5 Å². The van der Waals surface area contributed by atoms with E-state index in [4.69, 9.17) is 10.8 Å². The zero-order valence-electron chi connectivity index (χ0n) is 11.3. The molecule has 0 aliphatic heterocycles. The number of primary amides is 1. The van der Waals surface area contributed by atoms with Crippen molar-refractivity contribution < 1.29 is 19.7 Å². The van der Waals surface area contributed by atoms with Crippen molar-refractivity contribution in [2.24, 2.45) is 5.73 Å². The van der Waals surface area contributed by atoms with Crippen molar-refractivity contribution in [3.63, 3.8) is 0 Å². The highest BCUT2D eigenvalue weighted by Gasteiger charge is 2.29. The first-order chi connectivity index (χ1) is 10.3. The predicted molar refractivity (Wildman–Crippen MR) is 86.5 cm³/mol. The fourth-order valence-corrected chi connectivity index (χ4v) is 2.47. The summed E-state index contributed by atoms with van der Waals surface area (Å²) in [6.45, 7) is 0.175. The molecule has 0 bridgehead atoms. The summed E-state index contributed by atoms with van der Waals surface area (Å²) in [5, 5.41) is 31.2. The maximum Gasteiger partial charge on any atom is 0.299 e. The van der Waals surface area contributed by atoms with Crippen LogP contribution in [0.15, 0.2) is 12.1 Å². The number of benzene rings is 1. The van der Waals surface area contributed by atoms with Gasteiger partial charge in [0.15, 0.2) is 0 Å². The van der Waals surface area contributed by atoms with Crippen LogP contribution in [0.3, 0.4) is 0 Å². The number of hydrogen-bond donors (Lipinski definition) is 2. The molecule has 0 fully saturated rings. The number of amides is 1. The summed E-state index contributed by atoms with van der Waals surface area (Å²) in [7, 11) is 0. The van der Waals surface area contributed by atoms with Gasteiger partial charge in [0.05, 0.1) is 22.5 Å². The highest BCUT2D eigenvalue weighted by Crippen LogP contribution is 2.35. The van der Waals surface area contributed by atoms with E-state index in [2.05, 4.69) is 0 Å². The number of anilines is 1. The van der Waals surface area contributed by atoms with Gasteiger partial charge in [-0.3, -0.25) is 25.0 Å². The average molecular weight is 424 g/mol. The molecule has 0 spiro atoms. The predicted octanol–water partition coefficient (Wildman–Crippen LogP) is 0.836. The van der Waals surface area contributed by atoms with Gasteiger partial charge in [-0.25, -0.2) is 0 Å². The third-order valence-corrected chi connectivity index (χ3v) is 3.30. The average Bonchev–Trinajstić information content (AvgIpc) is 2.45. The lowest BCUT2D eigenvalue weighted by molar-refractivity contribution is -0.393. The van der Waals surface area contributed by atoms with Gasteiger partial charge in [0.1, 0.15) is 11.3 Å². The van der Waals surface area contributed by atoms with Crippen LogP contribution in [0.2, 0.25) is 0 Å². The van der Waals surface area contributed by atoms with Crippen molar-refractivity contribution in [2.75, 3.05) is 29.0 Å². The number of aliphatic hydroxyl groups is 1. The number of aliphatic hydroxyl groups excluding tert-OH is 1. The van der Waals surface area contributed by atoms with Crippen LogP contribution < -0.4 is 10.6 Å². The zero-order valence-corrected chi connectivity index (χ0v) is 13.4. The molecule has 0 aliphatic rings. The molecule has 0 saturated carbocycles. The summed E-state index contributed by atoms with van der Waals surface area (Å²) in [6.07, 6.45) is 0. The van der Waals surface area contributed by atoms with Crippen molar-refractivity contribution in [3.8, 4) is 0 Å². The molecule has 1 aromatic rings. The Morgan fingerprint density at radius 1 is 1.23 bits per heavy atom. The minimum Gasteiger partial charge on any atom is -0.395 e. The molecular formula is C11H13IN4O6. The van der Waals surface area contributed by atoms with Crippen molar-refractivity contribution in [3.05, 3.63) is 37.9 Å². The normalized spacial score (nSPS) is 10.3. The summed E-state index contributed by atoms with van der Waals surface area (Å²) in [4.78, 5) is 33.3. The molecule has 0 atom stereocenters. The van der Waals surface area contributed by atoms with Gasteiger partial charge in [-0.05, 0) is 6.07 Å². The molecule has 1 rings (SSSR count). The fourth-order valence-electron chi connectivity index (χ4n) is 1.89. The number of carbonyl (C=O) groups excluding carboxylic acids is 1. The number of nitro groups is 2. The fraction of sp³-hybridized carbons (Fsp3) is 0.364. The Hall–Kier alpha value is -2.02. The Balaban J connectivity index is 3.59. The molecule has 1 amide bonds. The number of rotatable bonds is 8. The molecule has 0 heterocycles. The first kappa shape index (κ1) is 18.0. The lowest BCUT2D eigenvalue weighted by Gasteiger charge is -2.23. The molecule has 0 aliphatic carbocycles. The second-order valence-corrected chi connectivity index (χ2v) is 5.21. The maximum atomic E-state index is 11.4. The van der Waals surface area contributed by atoms with Crippen LogP contribution in [-0.2, 0) is 0 Å². The first-order valence-corrected chi connectivity index (χ1v) is 7.54. The van der Waals surface area contributed by atoms with Gasteiger partial charge in [-0.2, -0.15) is 0 Å². The Morgan fingerprint density at radius 3 is 2.23 bits per heavy atom. The summed E-state index contributed by atoms with van der Waals surface area (Å²) in [5.41, 5.74) is 3.47. The second-order valence-electron chi connectivity index (χ2n) is 4.14. The van der Waals surface area contributed by atoms with Crippen LogP contribution in [0.25, 0.3) is 0 Å². The lowest BCUT2D eigenvalue weighted by atomic mass is 10.1. The molecule has 1 aromatic carbocycles. The first-order valence-electron chi connectivity index (χ1n) is 6.01. The van der Waals surface area contributed by atoms with E-state index in [9.17, 15) is 25.0 Å². The minimum atomic E-state index is -1.05. The molecule has 0 unspecified atom stereocenters. The van der Waals surface area contributed by atoms with Crippen molar-refractivity contribution in [1.29, 1.82) is 0 Å². The number of carbonyl (C=O) groups is 1. The number of hydrogen-bond acceptors (Lipinski definition) is 7. The van der Waals surface area contributed by atoms with Gasteiger partial charge in [0.25, 0.3) is 17.3 Å². The van der Waals surface area contributed by atoms with Crippen molar-refractivity contribution in [2.45, 2.75) is 0 Å². The maximum absolute atomic E-state index is 11.4. The van der Waals surface area contributed by atoms with Gasteiger partial charge < -0.3 is 15.7 Å². The van der Waals surface area contributed by atoms with Crippen LogP contribution in [0, 0.1) is 20.2 Å². The van der Waals surface area contributed by atoms with Crippen LogP contribution >= 0.6 is 22.6 Å². The third kappa shape index (κ3) is 4.00. The van der Waals surface area contributed by atoms with Crippen molar-refractivity contribution >= 4 is 45.6 Å². The highest BCUT2D eigenvalue weighted by atomic mass is 127. The van der Waals surface area contributed by atoms with E-state index >= 15 is 0 Å². The number of nitrogens with zero attached hydrogens (tertiary/aromatic N) is 3. The number of nitrogens with two attached hydrogens (primary N) is 1. The van der Waals surface area contributed by atoms with E-state index < -0.39 is 32.7 Å². The minimum absolute atomic E-state index is 0.00937. The van der Waals surface area contributed by atoms with E-state index in [1.54, 1.807) is 0 Å². The monoisotopic (exact) mass is 424 g/mol. The largest absolute Gasteiger partial charge is 0.395 e. The SMILES string of the molecule is NC(=O)c1cc(N(CCO)CCI)c([N+](=O)[O-])cc1[N+](=O)[O-]. The molecule has 3 N–H and O–H groups in total. The summed E-state index contributed by atoms with van der Waals surface area (Å²) in [5.74, 6) is -1.05. The Kier molecular flexibility index (Phi) is 6.42. The van der Waals surface area contributed by atoms with Gasteiger partial charge in [-0.15, -0.1) is 0 Å². The summed E-state index contributed by atoms with van der Waals surface area (Å²) in [6, 6.07) is 1.74. The van der Waals surface area contributed by atoms with Gasteiger partial charge >= 0.3 is 0 Å². The van der Waals surface area contributed by atoms with Crippen LogP contribution in [0.1, 0.15) is 10.4 Å². The quantitative estimate of drug-likeness (QED) is 0.271. The standard InChI is InChI=1S/C11H13IN4O6/c12-1-2-14(3-4-17)9-5-7(11(13)18)8(15(19)20)6-10(9)16(21)22/h5-6,17H,1-4H2,(H2,13,18). The topological polar surface area (TPSA) is 153 Å². The smallest absolute Gasteiger partial charge is 0.299 e. The van der Waals surface area contributed by atoms with Gasteiger partial charge in [0.2, 0.25) is 0 Å². The molecule has 0 saturated heterocycles. The molecule has 11 heteroatoms. The van der Waals surface area contributed by atoms with E-state index in [-0.39, 0.29) is 18.8 Å². The van der Waals surface area contributed by atoms with Crippen LogP contribution in [0.4, 0.5) is 17.1 Å². The molecule has 120 valence electrons. The second kappa shape index (κ2) is 7.84. The third-order valence-electron chi connectivity index (χ3n) is 2.82. The van der Waals surface area contributed by atoms with Crippen molar-refractivity contribution in [1.82, 2.24) is 0 Å². The van der Waals surface area contributed by atoms with E-state index in [1.165, 1.54) is 4.90 Å². The van der Waals surface area contributed by atoms with Crippen LogP contribution in [-0.4, -0.2) is 45.0 Å². The molecule has 0 radical (unpaired) electrons. The Labute approximate surface area is 138 Å². The Morgan fingerprint density at radius 2 is 1.82 bits per heavy atom. The number of halogens is 1. The molecule has 0 aromatic heterocycles. The van der Waals surface area contributed by atoms with E-state index in [0.29, 0.717) is 17.0 Å². The molecule has 10 nitrogen and oxygen atoms in total. The summed E-state index contributed by atoms with van der Waals surface area (Å²) < 4.78 is 0.595. The van der Waals surface area contributed by atoms with Crippen LogP contribution in [0.5, 0.6) is 0 Å². The Bertz CT molecular complexity index is 602. The summed E-state index contributed by atoms with van der Waals surface area (Å²) >= 11 is 2.04.